The average Bonchev–Trinajstić information content (AvgIpc) is 3.16. The van der Waals surface area contributed by atoms with Crippen molar-refractivity contribution in [1.29, 1.82) is 0 Å². The zero-order valence-corrected chi connectivity index (χ0v) is 17.2. The summed E-state index contributed by atoms with van der Waals surface area (Å²) in [6.45, 7) is 1.13. The fraction of sp³-hybridized carbons (Fsp3) is 0.421. The predicted molar refractivity (Wildman–Crippen MR) is 104 cm³/mol. The third-order valence-electron chi connectivity index (χ3n) is 4.65. The molecule has 5 nitrogen and oxygen atoms in total. The Morgan fingerprint density at radius 1 is 1.03 bits per heavy atom. The van der Waals surface area contributed by atoms with Gasteiger partial charge in [-0.05, 0) is 42.7 Å². The lowest BCUT2D eigenvalue weighted by Crippen LogP contribution is -2.35. The SMILES string of the molecule is O=C(Cc1ccc(S(=O)(=O)N2CCCCC2)s1)NCc1ccc(C(F)(F)F)cc1. The van der Waals surface area contributed by atoms with Crippen LogP contribution in [0.15, 0.2) is 40.6 Å². The number of amides is 1. The number of sulfonamides is 1. The maximum Gasteiger partial charge on any atom is 0.416 e. The molecule has 10 heteroatoms. The van der Waals surface area contributed by atoms with Crippen molar-refractivity contribution in [3.63, 3.8) is 0 Å². The first-order valence-corrected chi connectivity index (χ1v) is 11.4. The van der Waals surface area contributed by atoms with Gasteiger partial charge in [-0.2, -0.15) is 17.5 Å². The van der Waals surface area contributed by atoms with E-state index < -0.39 is 21.8 Å². The van der Waals surface area contributed by atoms with Gasteiger partial charge in [0.25, 0.3) is 10.0 Å². The highest BCUT2D eigenvalue weighted by molar-refractivity contribution is 7.91. The minimum atomic E-state index is -4.40. The van der Waals surface area contributed by atoms with Crippen LogP contribution >= 0.6 is 11.3 Å². The molecule has 3 rings (SSSR count). The van der Waals surface area contributed by atoms with E-state index in [-0.39, 0.29) is 23.1 Å². The van der Waals surface area contributed by atoms with E-state index >= 15 is 0 Å². The molecule has 1 aromatic carbocycles. The number of hydrogen-bond acceptors (Lipinski definition) is 4. The zero-order valence-electron chi connectivity index (χ0n) is 15.5. The standard InChI is InChI=1S/C19H21F3N2O3S2/c20-19(21,22)15-6-4-14(5-7-15)13-23-17(25)12-16-8-9-18(28-16)29(26,27)24-10-2-1-3-11-24/h4-9H,1-3,10-13H2,(H,23,25). The third-order valence-corrected chi connectivity index (χ3v) is 8.10. The monoisotopic (exact) mass is 446 g/mol. The van der Waals surface area contributed by atoms with Crippen molar-refractivity contribution in [3.05, 3.63) is 52.4 Å². The second-order valence-electron chi connectivity index (χ2n) is 6.83. The Morgan fingerprint density at radius 3 is 2.31 bits per heavy atom. The van der Waals surface area contributed by atoms with E-state index in [4.69, 9.17) is 0 Å². The lowest BCUT2D eigenvalue weighted by Gasteiger charge is -2.25. The highest BCUT2D eigenvalue weighted by Gasteiger charge is 2.30. The van der Waals surface area contributed by atoms with Crippen LogP contribution in [0.25, 0.3) is 0 Å². The van der Waals surface area contributed by atoms with Crippen molar-refractivity contribution in [2.75, 3.05) is 13.1 Å². The van der Waals surface area contributed by atoms with Crippen LogP contribution in [-0.4, -0.2) is 31.7 Å². The highest BCUT2D eigenvalue weighted by atomic mass is 32.2. The topological polar surface area (TPSA) is 66.5 Å². The van der Waals surface area contributed by atoms with Crippen molar-refractivity contribution in [2.24, 2.45) is 0 Å². The van der Waals surface area contributed by atoms with Crippen LogP contribution in [-0.2, 0) is 34.0 Å². The van der Waals surface area contributed by atoms with Gasteiger partial charge < -0.3 is 5.32 Å². The number of carbonyl (C=O) groups excluding carboxylic acids is 1. The van der Waals surface area contributed by atoms with Crippen LogP contribution < -0.4 is 5.32 Å². The predicted octanol–water partition coefficient (Wildman–Crippen LogP) is 3.80. The number of rotatable bonds is 6. The van der Waals surface area contributed by atoms with Gasteiger partial charge in [0.15, 0.2) is 0 Å². The second-order valence-corrected chi connectivity index (χ2v) is 10.2. The molecule has 0 bridgehead atoms. The molecule has 0 aliphatic carbocycles. The number of hydrogen-bond donors (Lipinski definition) is 1. The summed E-state index contributed by atoms with van der Waals surface area (Å²) in [6.07, 6.45) is -1.65. The number of nitrogens with one attached hydrogen (secondary N) is 1. The normalized spacial score (nSPS) is 16.0. The number of carbonyl (C=O) groups is 1. The van der Waals surface area contributed by atoms with Crippen molar-refractivity contribution in [3.8, 4) is 0 Å². The van der Waals surface area contributed by atoms with E-state index in [1.54, 1.807) is 6.07 Å². The van der Waals surface area contributed by atoms with Crippen LogP contribution in [0, 0.1) is 0 Å². The summed E-state index contributed by atoms with van der Waals surface area (Å²) in [4.78, 5) is 12.7. The van der Waals surface area contributed by atoms with Gasteiger partial charge in [0.05, 0.1) is 12.0 Å². The zero-order chi connectivity index (χ0) is 21.1. The number of thiophene rings is 1. The first-order chi connectivity index (χ1) is 13.7. The number of piperidine rings is 1. The Balaban J connectivity index is 1.55. The van der Waals surface area contributed by atoms with Gasteiger partial charge in [0.1, 0.15) is 4.21 Å². The fourth-order valence-corrected chi connectivity index (χ4v) is 6.08. The van der Waals surface area contributed by atoms with E-state index in [0.29, 0.717) is 23.5 Å². The molecule has 158 valence electrons. The van der Waals surface area contributed by atoms with E-state index in [1.165, 1.54) is 22.5 Å². The van der Waals surface area contributed by atoms with Gasteiger partial charge in [0.2, 0.25) is 5.91 Å². The number of alkyl halides is 3. The summed E-state index contributed by atoms with van der Waals surface area (Å²) in [5.74, 6) is -0.325. The molecule has 1 amide bonds. The van der Waals surface area contributed by atoms with Crippen molar-refractivity contribution in [1.82, 2.24) is 9.62 Å². The molecule has 0 radical (unpaired) electrons. The summed E-state index contributed by atoms with van der Waals surface area (Å²) < 4.78 is 64.7. The summed E-state index contributed by atoms with van der Waals surface area (Å²) in [6, 6.07) is 7.72. The summed E-state index contributed by atoms with van der Waals surface area (Å²) in [7, 11) is -3.52. The molecule has 29 heavy (non-hydrogen) atoms. The molecule has 1 aromatic heterocycles. The average molecular weight is 447 g/mol. The molecule has 0 atom stereocenters. The molecule has 1 fully saturated rings. The first kappa shape index (κ1) is 21.8. The minimum absolute atomic E-state index is 0.0147. The van der Waals surface area contributed by atoms with Crippen LogP contribution in [0.3, 0.4) is 0 Å². The lowest BCUT2D eigenvalue weighted by atomic mass is 10.1. The molecular weight excluding hydrogens is 425 g/mol. The number of nitrogens with zero attached hydrogens (tertiary/aromatic N) is 1. The smallest absolute Gasteiger partial charge is 0.352 e. The maximum atomic E-state index is 12.7. The Hall–Kier alpha value is -1.91. The molecule has 1 aliphatic rings. The Bertz CT molecular complexity index is 948. The van der Waals surface area contributed by atoms with Gasteiger partial charge in [-0.1, -0.05) is 18.6 Å². The minimum Gasteiger partial charge on any atom is -0.352 e. The fourth-order valence-electron chi connectivity index (χ4n) is 3.06. The summed E-state index contributed by atoms with van der Waals surface area (Å²) in [5.41, 5.74) is -0.195. The van der Waals surface area contributed by atoms with Crippen molar-refractivity contribution in [2.45, 2.75) is 42.6 Å². The maximum absolute atomic E-state index is 12.7. The molecular formula is C19H21F3N2O3S2. The molecule has 1 saturated heterocycles. The quantitative estimate of drug-likeness (QED) is 0.734. The lowest BCUT2D eigenvalue weighted by molar-refractivity contribution is -0.137. The molecule has 0 spiro atoms. The second kappa shape index (κ2) is 8.85. The van der Waals surface area contributed by atoms with E-state index in [1.807, 2.05) is 0 Å². The van der Waals surface area contributed by atoms with Crippen LogP contribution in [0.2, 0.25) is 0 Å². The van der Waals surface area contributed by atoms with Crippen LogP contribution in [0.4, 0.5) is 13.2 Å². The summed E-state index contributed by atoms with van der Waals surface area (Å²) >= 11 is 1.07. The Labute approximate surface area is 171 Å². The highest BCUT2D eigenvalue weighted by Crippen LogP contribution is 2.29. The number of benzene rings is 1. The van der Waals surface area contributed by atoms with Gasteiger partial charge in [-0.15, -0.1) is 11.3 Å². The molecule has 0 unspecified atom stereocenters. The molecule has 1 N–H and O–H groups in total. The Morgan fingerprint density at radius 2 is 1.69 bits per heavy atom. The third kappa shape index (κ3) is 5.58. The first-order valence-electron chi connectivity index (χ1n) is 9.18. The van der Waals surface area contributed by atoms with Crippen molar-refractivity contribution < 1.29 is 26.4 Å². The van der Waals surface area contributed by atoms with Gasteiger partial charge in [0, 0.05) is 24.5 Å². The molecule has 2 aromatic rings. The van der Waals surface area contributed by atoms with Crippen LogP contribution in [0.1, 0.15) is 35.3 Å². The van der Waals surface area contributed by atoms with Crippen molar-refractivity contribution >= 4 is 27.3 Å². The largest absolute Gasteiger partial charge is 0.416 e. The van der Waals surface area contributed by atoms with Gasteiger partial charge >= 0.3 is 6.18 Å². The summed E-state index contributed by atoms with van der Waals surface area (Å²) in [5, 5.41) is 2.64. The van der Waals surface area contributed by atoms with Crippen LogP contribution in [0.5, 0.6) is 0 Å². The number of halogens is 3. The van der Waals surface area contributed by atoms with Gasteiger partial charge in [-0.3, -0.25) is 4.79 Å². The van der Waals surface area contributed by atoms with E-state index in [0.717, 1.165) is 42.7 Å². The molecule has 2 heterocycles. The molecule has 0 saturated carbocycles. The Kier molecular flexibility index (Phi) is 6.65. The molecule has 1 aliphatic heterocycles. The van der Waals surface area contributed by atoms with Gasteiger partial charge in [-0.25, -0.2) is 8.42 Å². The van der Waals surface area contributed by atoms with E-state index in [2.05, 4.69) is 5.32 Å². The van der Waals surface area contributed by atoms with E-state index in [9.17, 15) is 26.4 Å².